The molecular formula is C38H29N. The van der Waals surface area contributed by atoms with Gasteiger partial charge in [-0.1, -0.05) is 116 Å². The van der Waals surface area contributed by atoms with E-state index in [-0.39, 0.29) is 0 Å². The molecule has 1 heterocycles. The van der Waals surface area contributed by atoms with Crippen LogP contribution in [0.5, 0.6) is 0 Å². The summed E-state index contributed by atoms with van der Waals surface area (Å²) < 4.78 is 0. The molecule has 0 aliphatic carbocycles. The van der Waals surface area contributed by atoms with Crippen LogP contribution in [0.15, 0.2) is 127 Å². The average Bonchev–Trinajstić information content (AvgIpc) is 2.99. The van der Waals surface area contributed by atoms with Crippen LogP contribution in [0.2, 0.25) is 0 Å². The van der Waals surface area contributed by atoms with E-state index in [2.05, 4.69) is 128 Å². The maximum Gasteiger partial charge on any atom is 0.0705 e. The minimum absolute atomic E-state index is 1.00. The normalized spacial score (nSPS) is 11.4. The molecule has 0 fully saturated rings. The van der Waals surface area contributed by atoms with Gasteiger partial charge < -0.3 is 0 Å². The Morgan fingerprint density at radius 3 is 1.74 bits per heavy atom. The first-order valence-electron chi connectivity index (χ1n) is 13.7. The van der Waals surface area contributed by atoms with E-state index < -0.39 is 0 Å². The highest BCUT2D eigenvalue weighted by Crippen LogP contribution is 2.45. The van der Waals surface area contributed by atoms with E-state index in [1.54, 1.807) is 0 Å². The molecule has 0 N–H and O–H groups in total. The summed E-state index contributed by atoms with van der Waals surface area (Å²) in [6.45, 7) is 4.28. The molecule has 1 nitrogen and oxygen atoms in total. The largest absolute Gasteiger partial charge is 0.253 e. The van der Waals surface area contributed by atoms with Gasteiger partial charge in [0.15, 0.2) is 0 Å². The first-order chi connectivity index (χ1) is 19.2. The minimum Gasteiger partial charge on any atom is -0.253 e. The molecule has 0 aliphatic rings. The van der Waals surface area contributed by atoms with Crippen molar-refractivity contribution in [1.29, 1.82) is 0 Å². The molecule has 0 amide bonds. The molecule has 1 aromatic heterocycles. The van der Waals surface area contributed by atoms with Crippen LogP contribution in [-0.2, 0) is 6.42 Å². The molecule has 0 aliphatic heterocycles. The molecule has 0 spiro atoms. The fraction of sp³-hybridized carbons (Fsp3) is 0.0789. The average molecular weight is 500 g/mol. The minimum atomic E-state index is 1.00. The van der Waals surface area contributed by atoms with Crippen LogP contribution >= 0.6 is 0 Å². The second-order valence-electron chi connectivity index (χ2n) is 10.3. The predicted octanol–water partition coefficient (Wildman–Crippen LogP) is 10.4. The second kappa shape index (κ2) is 9.53. The molecule has 0 atom stereocenters. The Labute approximate surface area is 229 Å². The maximum absolute atomic E-state index is 4.80. The van der Waals surface area contributed by atoms with Crippen molar-refractivity contribution < 1.29 is 0 Å². The van der Waals surface area contributed by atoms with E-state index in [1.165, 1.54) is 60.1 Å². The lowest BCUT2D eigenvalue weighted by Crippen LogP contribution is -1.93. The monoisotopic (exact) mass is 499 g/mol. The highest BCUT2D eigenvalue weighted by molar-refractivity contribution is 6.23. The molecule has 0 saturated carbocycles. The van der Waals surface area contributed by atoms with E-state index in [4.69, 9.17) is 4.98 Å². The molecule has 0 bridgehead atoms. The van der Waals surface area contributed by atoms with Crippen molar-refractivity contribution in [2.45, 2.75) is 20.3 Å². The summed E-state index contributed by atoms with van der Waals surface area (Å²) in [4.78, 5) is 4.80. The number of hydrogen-bond donors (Lipinski definition) is 0. The van der Waals surface area contributed by atoms with Gasteiger partial charge in [0.1, 0.15) is 0 Å². The Balaban J connectivity index is 1.57. The molecular weight excluding hydrogens is 470 g/mol. The molecule has 0 radical (unpaired) electrons. The van der Waals surface area contributed by atoms with Gasteiger partial charge in [-0.05, 0) is 91.7 Å². The highest BCUT2D eigenvalue weighted by atomic mass is 14.7. The number of aromatic nitrogens is 1. The van der Waals surface area contributed by atoms with Crippen molar-refractivity contribution in [2.75, 3.05) is 0 Å². The number of aryl methyl sites for hydroxylation is 2. The Bertz CT molecular complexity index is 1960. The van der Waals surface area contributed by atoms with E-state index in [9.17, 15) is 0 Å². The fourth-order valence-electron chi connectivity index (χ4n) is 6.17. The quantitative estimate of drug-likeness (QED) is 0.220. The topological polar surface area (TPSA) is 12.9 Å². The zero-order chi connectivity index (χ0) is 26.3. The molecule has 7 rings (SSSR count). The Kier molecular flexibility index (Phi) is 5.71. The third kappa shape index (κ3) is 3.90. The smallest absolute Gasteiger partial charge is 0.0705 e. The first kappa shape index (κ1) is 23.4. The number of hydrogen-bond acceptors (Lipinski definition) is 1. The van der Waals surface area contributed by atoms with Gasteiger partial charge in [0.05, 0.1) is 5.69 Å². The summed E-state index contributed by atoms with van der Waals surface area (Å²) in [5, 5.41) is 7.74. The highest BCUT2D eigenvalue weighted by Gasteiger charge is 2.18. The standard InChI is InChI=1S/C38H29N/c1-3-26-13-10-21-30-29(26)20-11-22-31(30)38-34-18-6-4-16-32(34)37(33-17-5-7-19-35(33)38)28-15-9-14-27(24-28)36-23-8-12-25(2)39-36/h4-24H,3H2,1-2H3. The summed E-state index contributed by atoms with van der Waals surface area (Å²) in [6.07, 6.45) is 1.02. The molecule has 0 saturated heterocycles. The summed E-state index contributed by atoms with van der Waals surface area (Å²) in [6, 6.07) is 46.4. The number of fused-ring (bicyclic) bond motifs is 3. The van der Waals surface area contributed by atoms with E-state index in [0.717, 1.165) is 23.4 Å². The van der Waals surface area contributed by atoms with Gasteiger partial charge in [-0.25, -0.2) is 0 Å². The third-order valence-corrected chi connectivity index (χ3v) is 7.93. The molecule has 1 heteroatoms. The van der Waals surface area contributed by atoms with Crippen molar-refractivity contribution in [2.24, 2.45) is 0 Å². The van der Waals surface area contributed by atoms with Crippen LogP contribution in [0.25, 0.3) is 65.8 Å². The summed E-state index contributed by atoms with van der Waals surface area (Å²) >= 11 is 0. The van der Waals surface area contributed by atoms with Crippen molar-refractivity contribution in [3.63, 3.8) is 0 Å². The Morgan fingerprint density at radius 1 is 0.487 bits per heavy atom. The van der Waals surface area contributed by atoms with Crippen LogP contribution in [0, 0.1) is 6.92 Å². The van der Waals surface area contributed by atoms with Crippen LogP contribution in [0.1, 0.15) is 18.2 Å². The number of benzene rings is 6. The lowest BCUT2D eigenvalue weighted by atomic mass is 9.84. The van der Waals surface area contributed by atoms with Crippen molar-refractivity contribution in [3.8, 4) is 33.5 Å². The van der Waals surface area contributed by atoms with Crippen LogP contribution in [0.3, 0.4) is 0 Å². The zero-order valence-electron chi connectivity index (χ0n) is 22.3. The van der Waals surface area contributed by atoms with E-state index in [0.29, 0.717) is 0 Å². The summed E-state index contributed by atoms with van der Waals surface area (Å²) in [5.41, 5.74) is 9.63. The van der Waals surface area contributed by atoms with Gasteiger partial charge in [-0.15, -0.1) is 0 Å². The van der Waals surface area contributed by atoms with Crippen LogP contribution in [0.4, 0.5) is 0 Å². The third-order valence-electron chi connectivity index (χ3n) is 7.93. The lowest BCUT2D eigenvalue weighted by Gasteiger charge is -2.19. The SMILES string of the molecule is CCc1cccc2c(-c3c4ccccc4c(-c4cccc(-c5cccc(C)n5)c4)c4ccccc34)cccc12. The van der Waals surface area contributed by atoms with Gasteiger partial charge in [-0.3, -0.25) is 4.98 Å². The van der Waals surface area contributed by atoms with Gasteiger partial charge in [0.25, 0.3) is 0 Å². The van der Waals surface area contributed by atoms with Crippen molar-refractivity contribution in [1.82, 2.24) is 4.98 Å². The summed E-state index contributed by atoms with van der Waals surface area (Å²) in [5.74, 6) is 0. The second-order valence-corrected chi connectivity index (χ2v) is 10.3. The van der Waals surface area contributed by atoms with Crippen LogP contribution < -0.4 is 0 Å². The van der Waals surface area contributed by atoms with Gasteiger partial charge in [0, 0.05) is 11.3 Å². The van der Waals surface area contributed by atoms with Crippen molar-refractivity contribution in [3.05, 3.63) is 139 Å². The van der Waals surface area contributed by atoms with Crippen molar-refractivity contribution >= 4 is 32.3 Å². The van der Waals surface area contributed by atoms with E-state index >= 15 is 0 Å². The Hall–Kier alpha value is -4.75. The number of pyridine rings is 1. The number of rotatable bonds is 4. The Morgan fingerprint density at radius 2 is 1.05 bits per heavy atom. The molecule has 7 aromatic rings. The zero-order valence-corrected chi connectivity index (χ0v) is 22.3. The molecule has 6 aromatic carbocycles. The predicted molar refractivity (Wildman–Crippen MR) is 167 cm³/mol. The number of nitrogens with zero attached hydrogens (tertiary/aromatic N) is 1. The van der Waals surface area contributed by atoms with Gasteiger partial charge >= 0.3 is 0 Å². The van der Waals surface area contributed by atoms with Crippen LogP contribution in [-0.4, -0.2) is 4.98 Å². The summed E-state index contributed by atoms with van der Waals surface area (Å²) in [7, 11) is 0. The maximum atomic E-state index is 4.80. The lowest BCUT2D eigenvalue weighted by molar-refractivity contribution is 1.16. The van der Waals surface area contributed by atoms with Gasteiger partial charge in [-0.2, -0.15) is 0 Å². The van der Waals surface area contributed by atoms with Gasteiger partial charge in [0.2, 0.25) is 0 Å². The molecule has 0 unspecified atom stereocenters. The molecule has 186 valence electrons. The van der Waals surface area contributed by atoms with E-state index in [1.807, 2.05) is 13.0 Å². The fourth-order valence-corrected chi connectivity index (χ4v) is 6.17. The molecule has 39 heavy (non-hydrogen) atoms. The first-order valence-corrected chi connectivity index (χ1v) is 13.7.